The normalized spacial score (nSPS) is 20.7. The summed E-state index contributed by atoms with van der Waals surface area (Å²) < 4.78 is 5.91. The summed E-state index contributed by atoms with van der Waals surface area (Å²) in [6, 6.07) is 19.6. The predicted octanol–water partition coefficient (Wildman–Crippen LogP) is 8.78. The Balaban J connectivity index is 1.41. The molecule has 0 aliphatic carbocycles. The van der Waals surface area contributed by atoms with Gasteiger partial charge in [0.1, 0.15) is 5.60 Å². The maximum absolute atomic E-state index is 13.8. The van der Waals surface area contributed by atoms with Gasteiger partial charge in [-0.2, -0.15) is 0 Å². The minimum absolute atomic E-state index is 0.0253. The number of rotatable bonds is 17. The van der Waals surface area contributed by atoms with Crippen molar-refractivity contribution < 1.29 is 19.4 Å². The molecule has 2 aromatic carbocycles. The van der Waals surface area contributed by atoms with Gasteiger partial charge in [-0.25, -0.2) is 9.59 Å². The summed E-state index contributed by atoms with van der Waals surface area (Å²) in [5.74, 6) is 0. The quantitative estimate of drug-likeness (QED) is 0.171. The summed E-state index contributed by atoms with van der Waals surface area (Å²) in [6.45, 7) is 10.0. The molecule has 3 amide bonds. The second-order valence-corrected chi connectivity index (χ2v) is 15.0. The maximum atomic E-state index is 13.8. The zero-order valence-electron chi connectivity index (χ0n) is 30.2. The highest BCUT2D eigenvalue weighted by atomic mass is 16.6. The molecule has 8 heteroatoms. The van der Waals surface area contributed by atoms with Crippen molar-refractivity contribution in [1.29, 1.82) is 0 Å². The fourth-order valence-electron chi connectivity index (χ4n) is 7.11. The van der Waals surface area contributed by atoms with E-state index < -0.39 is 11.7 Å². The number of hydrogen-bond donors (Lipinski definition) is 1. The summed E-state index contributed by atoms with van der Waals surface area (Å²) in [5.41, 5.74) is 1.50. The number of piperidine rings is 1. The SMILES string of the molecule is CCCCCCCCCCCCC[C@@H]1C[C@@H](O)[C@@H](N2CN(Cc3ccccc3)C(=O)N(Cc3ccccc3)C2)CN1C(=O)OC(C)(C)C. The highest BCUT2D eigenvalue weighted by Gasteiger charge is 2.44. The molecule has 2 saturated heterocycles. The Hall–Kier alpha value is -3.10. The lowest BCUT2D eigenvalue weighted by atomic mass is 9.91. The van der Waals surface area contributed by atoms with E-state index in [1.807, 2.05) is 96.1 Å². The van der Waals surface area contributed by atoms with Gasteiger partial charge in [0.2, 0.25) is 0 Å². The van der Waals surface area contributed by atoms with Crippen LogP contribution in [0.3, 0.4) is 0 Å². The number of aliphatic hydroxyl groups excluding tert-OH is 1. The van der Waals surface area contributed by atoms with Gasteiger partial charge < -0.3 is 24.5 Å². The lowest BCUT2D eigenvalue weighted by Gasteiger charge is -2.50. The van der Waals surface area contributed by atoms with Gasteiger partial charge in [0.05, 0.1) is 25.5 Å². The largest absolute Gasteiger partial charge is 0.444 e. The van der Waals surface area contributed by atoms with E-state index in [2.05, 4.69) is 11.8 Å². The van der Waals surface area contributed by atoms with E-state index >= 15 is 0 Å². The van der Waals surface area contributed by atoms with Crippen LogP contribution in [0.1, 0.15) is 122 Å². The molecule has 2 aromatic rings. The van der Waals surface area contributed by atoms with Crippen LogP contribution in [0.15, 0.2) is 60.7 Å². The number of amides is 3. The number of unbranched alkanes of at least 4 members (excludes halogenated alkanes) is 10. The number of aliphatic hydroxyl groups is 1. The van der Waals surface area contributed by atoms with Crippen LogP contribution in [-0.2, 0) is 17.8 Å². The molecular formula is C40H62N4O4. The summed E-state index contributed by atoms with van der Waals surface area (Å²) in [7, 11) is 0. The number of hydrogen-bond acceptors (Lipinski definition) is 5. The number of ether oxygens (including phenoxy) is 1. The molecule has 2 aliphatic heterocycles. The Kier molecular flexibility index (Phi) is 15.1. The molecule has 0 bridgehead atoms. The Labute approximate surface area is 290 Å². The number of carbonyl (C=O) groups is 2. The van der Waals surface area contributed by atoms with Crippen LogP contribution < -0.4 is 0 Å². The molecule has 0 unspecified atom stereocenters. The van der Waals surface area contributed by atoms with Crippen molar-refractivity contribution in [3.05, 3.63) is 71.8 Å². The van der Waals surface area contributed by atoms with Gasteiger partial charge >= 0.3 is 12.1 Å². The van der Waals surface area contributed by atoms with Crippen LogP contribution in [0, 0.1) is 0 Å². The molecule has 0 saturated carbocycles. The number of carbonyl (C=O) groups excluding carboxylic acids is 2. The van der Waals surface area contributed by atoms with E-state index in [-0.39, 0.29) is 24.2 Å². The number of urea groups is 1. The van der Waals surface area contributed by atoms with E-state index in [4.69, 9.17) is 4.74 Å². The first-order valence-electron chi connectivity index (χ1n) is 18.7. The number of likely N-dealkylation sites (tertiary alicyclic amines) is 1. The van der Waals surface area contributed by atoms with E-state index in [0.29, 0.717) is 39.4 Å². The third kappa shape index (κ3) is 12.1. The average Bonchev–Trinajstić information content (AvgIpc) is 3.05. The molecule has 8 nitrogen and oxygen atoms in total. The summed E-state index contributed by atoms with van der Waals surface area (Å²) in [4.78, 5) is 35.2. The number of nitrogens with zero attached hydrogens (tertiary/aromatic N) is 4. The Morgan fingerprint density at radius 3 is 1.73 bits per heavy atom. The summed E-state index contributed by atoms with van der Waals surface area (Å²) in [5, 5.41) is 11.7. The molecule has 266 valence electrons. The molecule has 2 heterocycles. The standard InChI is InChI=1S/C40H62N4O4/c1-5-6-7-8-9-10-11-12-13-14-21-26-35-27-37(45)36(30-44(35)39(47)48-40(2,3)4)43-31-41(28-33-22-17-15-18-23-33)38(46)42(32-43)29-34-24-19-16-20-25-34/h15-20,22-25,35-37,45H,5-14,21,26-32H2,1-4H3/t35-,36+,37-/m1/s1. The minimum atomic E-state index is -0.619. The van der Waals surface area contributed by atoms with Gasteiger partial charge in [-0.1, -0.05) is 138 Å². The summed E-state index contributed by atoms with van der Waals surface area (Å²) in [6.07, 6.45) is 14.5. The molecule has 4 rings (SSSR count). The predicted molar refractivity (Wildman–Crippen MR) is 193 cm³/mol. The second kappa shape index (κ2) is 19.2. The molecular weight excluding hydrogens is 600 g/mol. The van der Waals surface area contributed by atoms with Crippen molar-refractivity contribution in [3.63, 3.8) is 0 Å². The smallest absolute Gasteiger partial charge is 0.410 e. The van der Waals surface area contributed by atoms with E-state index in [9.17, 15) is 14.7 Å². The second-order valence-electron chi connectivity index (χ2n) is 15.0. The lowest BCUT2D eigenvalue weighted by molar-refractivity contribution is -0.0820. The zero-order chi connectivity index (χ0) is 34.4. The van der Waals surface area contributed by atoms with E-state index in [0.717, 1.165) is 30.4 Å². The van der Waals surface area contributed by atoms with Gasteiger partial charge in [0.15, 0.2) is 0 Å². The third-order valence-corrected chi connectivity index (χ3v) is 9.70. The first-order valence-corrected chi connectivity index (χ1v) is 18.7. The highest BCUT2D eigenvalue weighted by Crippen LogP contribution is 2.30. The fraction of sp³-hybridized carbons (Fsp3) is 0.650. The van der Waals surface area contributed by atoms with Gasteiger partial charge in [-0.05, 0) is 44.7 Å². The van der Waals surface area contributed by atoms with Crippen molar-refractivity contribution in [2.75, 3.05) is 19.9 Å². The Morgan fingerprint density at radius 1 is 0.771 bits per heavy atom. The maximum Gasteiger partial charge on any atom is 0.410 e. The third-order valence-electron chi connectivity index (χ3n) is 9.70. The number of benzene rings is 2. The van der Waals surface area contributed by atoms with E-state index in [1.165, 1.54) is 57.8 Å². The zero-order valence-corrected chi connectivity index (χ0v) is 30.2. The molecule has 3 atom stereocenters. The molecule has 0 radical (unpaired) electrons. The van der Waals surface area contributed by atoms with Crippen molar-refractivity contribution >= 4 is 12.1 Å². The van der Waals surface area contributed by atoms with Crippen molar-refractivity contribution in [1.82, 2.24) is 19.6 Å². The Bertz CT molecular complexity index is 1170. The van der Waals surface area contributed by atoms with Crippen LogP contribution >= 0.6 is 0 Å². The van der Waals surface area contributed by atoms with Gasteiger partial charge in [-0.15, -0.1) is 0 Å². The van der Waals surface area contributed by atoms with Crippen molar-refractivity contribution in [2.45, 2.75) is 148 Å². The minimum Gasteiger partial charge on any atom is -0.444 e. The van der Waals surface area contributed by atoms with Crippen molar-refractivity contribution in [2.24, 2.45) is 0 Å². The van der Waals surface area contributed by atoms with Gasteiger partial charge in [0.25, 0.3) is 0 Å². The highest BCUT2D eigenvalue weighted by molar-refractivity contribution is 5.75. The molecule has 2 aliphatic rings. The Morgan fingerprint density at radius 2 is 1.25 bits per heavy atom. The first kappa shape index (κ1) is 37.7. The topological polar surface area (TPSA) is 76.6 Å². The first-order chi connectivity index (χ1) is 23.1. The average molecular weight is 663 g/mol. The molecule has 2 fully saturated rings. The van der Waals surface area contributed by atoms with Crippen LogP contribution in [0.2, 0.25) is 0 Å². The molecule has 48 heavy (non-hydrogen) atoms. The van der Waals surface area contributed by atoms with Crippen LogP contribution in [0.4, 0.5) is 9.59 Å². The monoisotopic (exact) mass is 662 g/mol. The molecule has 0 spiro atoms. The summed E-state index contributed by atoms with van der Waals surface area (Å²) >= 11 is 0. The van der Waals surface area contributed by atoms with Gasteiger partial charge in [0, 0.05) is 25.7 Å². The van der Waals surface area contributed by atoms with Crippen molar-refractivity contribution in [3.8, 4) is 0 Å². The van der Waals surface area contributed by atoms with Crippen LogP contribution in [-0.4, -0.2) is 80.5 Å². The van der Waals surface area contributed by atoms with Crippen LogP contribution in [0.5, 0.6) is 0 Å². The lowest BCUT2D eigenvalue weighted by Crippen LogP contribution is -2.66. The fourth-order valence-corrected chi connectivity index (χ4v) is 7.11. The van der Waals surface area contributed by atoms with Gasteiger partial charge in [-0.3, -0.25) is 4.90 Å². The molecule has 1 N–H and O–H groups in total. The molecule has 0 aromatic heterocycles. The van der Waals surface area contributed by atoms with E-state index in [1.54, 1.807) is 0 Å². The van der Waals surface area contributed by atoms with Crippen LogP contribution in [0.25, 0.3) is 0 Å².